The first-order valence-corrected chi connectivity index (χ1v) is 6.64. The summed E-state index contributed by atoms with van der Waals surface area (Å²) in [5, 5.41) is 14.0. The van der Waals surface area contributed by atoms with Crippen LogP contribution in [0.1, 0.15) is 19.3 Å². The van der Waals surface area contributed by atoms with Gasteiger partial charge in [0.05, 0.1) is 5.69 Å². The van der Waals surface area contributed by atoms with Gasteiger partial charge in [0, 0.05) is 10.5 Å². The predicted molar refractivity (Wildman–Crippen MR) is 72.4 cm³/mol. The molecule has 0 radical (unpaired) electrons. The Morgan fingerprint density at radius 1 is 1.45 bits per heavy atom. The molecule has 1 amide bonds. The van der Waals surface area contributed by atoms with Crippen LogP contribution in [-0.2, 0) is 4.79 Å². The first-order chi connectivity index (χ1) is 9.40. The molecule has 1 aromatic rings. The van der Waals surface area contributed by atoms with Crippen molar-refractivity contribution in [1.29, 1.82) is 0 Å². The number of amides is 1. The second-order valence-corrected chi connectivity index (χ2v) is 5.47. The number of carbonyl (C=O) groups excluding carboxylic acids is 1. The van der Waals surface area contributed by atoms with Crippen LogP contribution in [0.4, 0.5) is 14.5 Å². The number of oxime groups is 1. The van der Waals surface area contributed by atoms with E-state index in [-0.39, 0.29) is 16.0 Å². The molecule has 1 aliphatic rings. The lowest BCUT2D eigenvalue weighted by atomic mass is 9.67. The predicted octanol–water partition coefficient (Wildman–Crippen LogP) is 2.58. The molecule has 1 fully saturated rings. The molecule has 20 heavy (non-hydrogen) atoms. The minimum atomic E-state index is -1.13. The van der Waals surface area contributed by atoms with Crippen LogP contribution < -0.4 is 11.1 Å². The van der Waals surface area contributed by atoms with E-state index in [9.17, 15) is 13.6 Å². The van der Waals surface area contributed by atoms with Crippen LogP contribution in [0.3, 0.4) is 0 Å². The van der Waals surface area contributed by atoms with E-state index in [4.69, 9.17) is 10.9 Å². The van der Waals surface area contributed by atoms with Gasteiger partial charge in [0.2, 0.25) is 5.91 Å². The Bertz CT molecular complexity index is 565. The zero-order chi connectivity index (χ0) is 14.9. The number of nitrogens with two attached hydrogens (primary N) is 1. The number of amidine groups is 1. The van der Waals surface area contributed by atoms with Crippen molar-refractivity contribution in [1.82, 2.24) is 0 Å². The molecule has 4 N–H and O–H groups in total. The molecule has 0 aliphatic heterocycles. The van der Waals surface area contributed by atoms with Gasteiger partial charge in [0.15, 0.2) is 11.7 Å². The molecule has 0 atom stereocenters. The third-order valence-corrected chi connectivity index (χ3v) is 4.11. The van der Waals surface area contributed by atoms with Gasteiger partial charge in [-0.05, 0) is 34.8 Å². The van der Waals surface area contributed by atoms with Crippen molar-refractivity contribution in [2.75, 3.05) is 5.32 Å². The highest BCUT2D eigenvalue weighted by Crippen LogP contribution is 2.42. The molecule has 108 valence electrons. The van der Waals surface area contributed by atoms with E-state index in [1.807, 2.05) is 0 Å². The number of halogens is 3. The summed E-state index contributed by atoms with van der Waals surface area (Å²) in [6.07, 6.45) is 1.57. The van der Waals surface area contributed by atoms with Crippen LogP contribution in [0.2, 0.25) is 0 Å². The maximum Gasteiger partial charge on any atom is 0.238 e. The van der Waals surface area contributed by atoms with Crippen molar-refractivity contribution < 1.29 is 18.8 Å². The minimum absolute atomic E-state index is 0.0809. The first-order valence-electron chi connectivity index (χ1n) is 5.85. The number of anilines is 1. The monoisotopic (exact) mass is 347 g/mol. The molecule has 1 aromatic carbocycles. The van der Waals surface area contributed by atoms with Crippen LogP contribution >= 0.6 is 15.9 Å². The van der Waals surface area contributed by atoms with Crippen molar-refractivity contribution in [3.8, 4) is 0 Å². The molecule has 1 aliphatic carbocycles. The van der Waals surface area contributed by atoms with Gasteiger partial charge in [-0.15, -0.1) is 0 Å². The molecule has 0 unspecified atom stereocenters. The van der Waals surface area contributed by atoms with Crippen molar-refractivity contribution in [2.45, 2.75) is 19.3 Å². The van der Waals surface area contributed by atoms with Gasteiger partial charge < -0.3 is 16.3 Å². The smallest absolute Gasteiger partial charge is 0.238 e. The minimum Gasteiger partial charge on any atom is -0.409 e. The second kappa shape index (κ2) is 5.35. The summed E-state index contributed by atoms with van der Waals surface area (Å²) in [6, 6.07) is 1.70. The van der Waals surface area contributed by atoms with Gasteiger partial charge in [-0.1, -0.05) is 11.6 Å². The van der Waals surface area contributed by atoms with E-state index in [0.29, 0.717) is 18.9 Å². The normalized spacial score (nSPS) is 17.4. The van der Waals surface area contributed by atoms with E-state index >= 15 is 0 Å². The maximum atomic E-state index is 13.7. The quantitative estimate of drug-likeness (QED) is 0.340. The summed E-state index contributed by atoms with van der Waals surface area (Å²) in [5.41, 5.74) is 4.24. The van der Waals surface area contributed by atoms with Gasteiger partial charge in [0.1, 0.15) is 11.2 Å². The number of hydrogen-bond acceptors (Lipinski definition) is 3. The lowest BCUT2D eigenvalue weighted by molar-refractivity contribution is -0.125. The summed E-state index contributed by atoms with van der Waals surface area (Å²) in [4.78, 5) is 12.2. The zero-order valence-corrected chi connectivity index (χ0v) is 11.9. The molecule has 0 saturated heterocycles. The Labute approximate surface area is 122 Å². The Morgan fingerprint density at radius 2 is 2.10 bits per heavy atom. The molecule has 0 spiro atoms. The van der Waals surface area contributed by atoms with E-state index in [1.165, 1.54) is 0 Å². The van der Waals surface area contributed by atoms with Crippen LogP contribution in [0.5, 0.6) is 0 Å². The number of benzene rings is 1. The summed E-state index contributed by atoms with van der Waals surface area (Å²) in [5.74, 6) is -2.45. The van der Waals surface area contributed by atoms with Crippen LogP contribution in [-0.4, -0.2) is 17.0 Å². The molecule has 0 aromatic heterocycles. The third-order valence-electron chi connectivity index (χ3n) is 3.49. The first kappa shape index (κ1) is 14.7. The van der Waals surface area contributed by atoms with E-state index < -0.39 is 23.0 Å². The molecule has 5 nitrogen and oxygen atoms in total. The number of carbonyl (C=O) groups is 1. The fourth-order valence-electron chi connectivity index (χ4n) is 2.12. The molecule has 1 saturated carbocycles. The summed E-state index contributed by atoms with van der Waals surface area (Å²) >= 11 is 2.98. The van der Waals surface area contributed by atoms with Crippen molar-refractivity contribution in [3.05, 3.63) is 28.2 Å². The van der Waals surface area contributed by atoms with Crippen molar-refractivity contribution in [3.63, 3.8) is 0 Å². The molecule has 2 rings (SSSR count). The van der Waals surface area contributed by atoms with E-state index in [0.717, 1.165) is 12.5 Å². The van der Waals surface area contributed by atoms with Gasteiger partial charge in [-0.3, -0.25) is 4.79 Å². The van der Waals surface area contributed by atoms with Crippen LogP contribution in [0, 0.1) is 17.0 Å². The SMILES string of the molecule is NC(=NO)C1(C(=O)Nc2c(F)cc(F)cc2Br)CCC1. The Balaban J connectivity index is 2.29. The third kappa shape index (κ3) is 2.35. The molecule has 0 bridgehead atoms. The highest BCUT2D eigenvalue weighted by molar-refractivity contribution is 9.10. The van der Waals surface area contributed by atoms with Crippen molar-refractivity contribution >= 4 is 33.4 Å². The summed E-state index contributed by atoms with van der Waals surface area (Å²) < 4.78 is 26.7. The Hall–Kier alpha value is -1.70. The van der Waals surface area contributed by atoms with Crippen LogP contribution in [0.25, 0.3) is 0 Å². The second-order valence-electron chi connectivity index (χ2n) is 4.62. The lowest BCUT2D eigenvalue weighted by Gasteiger charge is -2.38. The number of rotatable bonds is 3. The van der Waals surface area contributed by atoms with Crippen molar-refractivity contribution in [2.24, 2.45) is 16.3 Å². The fourth-order valence-corrected chi connectivity index (χ4v) is 2.63. The van der Waals surface area contributed by atoms with Gasteiger partial charge >= 0.3 is 0 Å². The summed E-state index contributed by atoms with van der Waals surface area (Å²) in [6.45, 7) is 0. The zero-order valence-electron chi connectivity index (χ0n) is 10.3. The largest absolute Gasteiger partial charge is 0.409 e. The number of nitrogens with one attached hydrogen (secondary N) is 1. The van der Waals surface area contributed by atoms with E-state index in [1.54, 1.807) is 0 Å². The van der Waals surface area contributed by atoms with Gasteiger partial charge in [-0.2, -0.15) is 0 Å². The van der Waals surface area contributed by atoms with Gasteiger partial charge in [-0.25, -0.2) is 8.78 Å². The Morgan fingerprint density at radius 3 is 2.55 bits per heavy atom. The fraction of sp³-hybridized carbons (Fsp3) is 0.333. The molecule has 8 heteroatoms. The topological polar surface area (TPSA) is 87.7 Å². The molecular formula is C12H12BrF2N3O2. The lowest BCUT2D eigenvalue weighted by Crippen LogP contribution is -2.51. The maximum absolute atomic E-state index is 13.7. The van der Waals surface area contributed by atoms with Crippen LogP contribution in [0.15, 0.2) is 21.8 Å². The highest BCUT2D eigenvalue weighted by atomic mass is 79.9. The Kier molecular flexibility index (Phi) is 3.94. The highest BCUT2D eigenvalue weighted by Gasteiger charge is 2.48. The average molecular weight is 348 g/mol. The number of nitrogens with zero attached hydrogens (tertiary/aromatic N) is 1. The average Bonchev–Trinajstić information content (AvgIpc) is 2.32. The molecular weight excluding hydrogens is 336 g/mol. The standard InChI is InChI=1S/C12H12BrF2N3O2/c13-7-4-6(14)5-8(15)9(7)17-11(19)12(2-1-3-12)10(16)18-20/h4-5,20H,1-3H2,(H2,16,18)(H,17,19). The molecule has 0 heterocycles. The number of hydrogen-bond donors (Lipinski definition) is 3. The summed E-state index contributed by atoms with van der Waals surface area (Å²) in [7, 11) is 0. The van der Waals surface area contributed by atoms with Gasteiger partial charge in [0.25, 0.3) is 0 Å². The van der Waals surface area contributed by atoms with E-state index in [2.05, 4.69) is 26.4 Å².